The fraction of sp³-hybridized carbons (Fsp3) is 0.588. The summed E-state index contributed by atoms with van der Waals surface area (Å²) < 4.78 is 10.5. The van der Waals surface area contributed by atoms with E-state index < -0.39 is 0 Å². The first kappa shape index (κ1) is 16.8. The van der Waals surface area contributed by atoms with Crippen LogP contribution in [0.25, 0.3) is 0 Å². The number of ether oxygens (including phenoxy) is 2. The molecule has 1 saturated heterocycles. The molecule has 5 nitrogen and oxygen atoms in total. The Kier molecular flexibility index (Phi) is 5.80. The smallest absolute Gasteiger partial charge is 0.326 e. The molecule has 5 heteroatoms. The molecule has 122 valence electrons. The summed E-state index contributed by atoms with van der Waals surface area (Å²) in [7, 11) is 1.63. The Bertz CT molecular complexity index is 486. The lowest BCUT2D eigenvalue weighted by Crippen LogP contribution is -2.36. The average molecular weight is 307 g/mol. The van der Waals surface area contributed by atoms with Crippen LogP contribution in [0.3, 0.4) is 0 Å². The first-order chi connectivity index (χ1) is 10.6. The van der Waals surface area contributed by atoms with E-state index in [4.69, 9.17) is 14.3 Å². The van der Waals surface area contributed by atoms with Gasteiger partial charge < -0.3 is 9.47 Å². The zero-order valence-corrected chi connectivity index (χ0v) is 13.7. The second-order valence-corrected chi connectivity index (χ2v) is 5.80. The van der Waals surface area contributed by atoms with Gasteiger partial charge >= 0.3 is 5.97 Å². The number of hydroxylamine groups is 2. The van der Waals surface area contributed by atoms with Crippen LogP contribution in [0.4, 0.5) is 0 Å². The number of hydrogen-bond acceptors (Lipinski definition) is 5. The molecule has 2 rings (SSSR count). The van der Waals surface area contributed by atoms with Crippen LogP contribution in [-0.2, 0) is 14.4 Å². The van der Waals surface area contributed by atoms with E-state index in [-0.39, 0.29) is 24.2 Å². The Morgan fingerprint density at radius 1 is 1.32 bits per heavy atom. The quantitative estimate of drug-likeness (QED) is 0.419. The van der Waals surface area contributed by atoms with Crippen molar-refractivity contribution in [1.82, 2.24) is 5.06 Å². The van der Waals surface area contributed by atoms with Crippen molar-refractivity contribution in [2.75, 3.05) is 13.7 Å². The maximum Gasteiger partial charge on any atom is 0.326 e. The van der Waals surface area contributed by atoms with Gasteiger partial charge in [0.2, 0.25) is 0 Å². The van der Waals surface area contributed by atoms with Crippen molar-refractivity contribution >= 4 is 5.97 Å². The minimum atomic E-state index is -0.371. The lowest BCUT2D eigenvalue weighted by atomic mass is 10.0. The molecule has 1 heterocycles. The van der Waals surface area contributed by atoms with Crippen LogP contribution in [0, 0.1) is 5.92 Å². The summed E-state index contributed by atoms with van der Waals surface area (Å²) in [5.74, 6) is 0.715. The van der Waals surface area contributed by atoms with Crippen LogP contribution in [0.15, 0.2) is 24.3 Å². The number of carbonyl (C=O) groups is 1. The molecule has 0 bridgehead atoms. The second kappa shape index (κ2) is 7.61. The second-order valence-electron chi connectivity index (χ2n) is 5.80. The number of rotatable bonds is 8. The molecule has 3 atom stereocenters. The Balaban J connectivity index is 1.97. The van der Waals surface area contributed by atoms with E-state index in [0.29, 0.717) is 6.61 Å². The van der Waals surface area contributed by atoms with Crippen molar-refractivity contribution in [1.29, 1.82) is 0 Å². The van der Waals surface area contributed by atoms with Crippen molar-refractivity contribution in [3.05, 3.63) is 29.8 Å². The number of benzene rings is 1. The lowest BCUT2D eigenvalue weighted by molar-refractivity contribution is -0.152. The summed E-state index contributed by atoms with van der Waals surface area (Å²) in [6.07, 6.45) is 1.71. The topological polar surface area (TPSA) is 51.1 Å². The highest BCUT2D eigenvalue weighted by atomic mass is 16.8. The zero-order valence-electron chi connectivity index (χ0n) is 13.7. The normalized spacial score (nSPS) is 21.5. The van der Waals surface area contributed by atoms with Crippen LogP contribution in [0.5, 0.6) is 5.75 Å². The third kappa shape index (κ3) is 3.99. The Morgan fingerprint density at radius 2 is 2.00 bits per heavy atom. The van der Waals surface area contributed by atoms with Gasteiger partial charge in [-0.05, 0) is 30.0 Å². The van der Waals surface area contributed by atoms with Crippen molar-refractivity contribution in [2.24, 2.45) is 5.92 Å². The summed E-state index contributed by atoms with van der Waals surface area (Å²) in [5, 5.41) is 1.72. The molecule has 0 amide bonds. The molecular weight excluding hydrogens is 282 g/mol. The summed E-state index contributed by atoms with van der Waals surface area (Å²) in [6.45, 7) is 6.54. The highest BCUT2D eigenvalue weighted by Crippen LogP contribution is 2.41. The summed E-state index contributed by atoms with van der Waals surface area (Å²) in [6, 6.07) is 7.30. The van der Waals surface area contributed by atoms with Gasteiger partial charge in [-0.1, -0.05) is 39.3 Å². The van der Waals surface area contributed by atoms with Gasteiger partial charge in [0.25, 0.3) is 0 Å². The maximum absolute atomic E-state index is 12.3. The van der Waals surface area contributed by atoms with Crippen LogP contribution < -0.4 is 4.74 Å². The van der Waals surface area contributed by atoms with Crippen LogP contribution >= 0.6 is 0 Å². The van der Waals surface area contributed by atoms with E-state index in [1.54, 1.807) is 12.2 Å². The fourth-order valence-corrected chi connectivity index (χ4v) is 2.35. The molecule has 0 aliphatic carbocycles. The Hall–Kier alpha value is -1.59. The Morgan fingerprint density at radius 3 is 2.55 bits per heavy atom. The zero-order chi connectivity index (χ0) is 16.1. The summed E-state index contributed by atoms with van der Waals surface area (Å²) in [5.41, 5.74) is 1.01. The van der Waals surface area contributed by atoms with E-state index in [2.05, 4.69) is 6.92 Å². The van der Waals surface area contributed by atoms with Gasteiger partial charge in [-0.3, -0.25) is 9.63 Å². The predicted molar refractivity (Wildman–Crippen MR) is 83.2 cm³/mol. The fourth-order valence-electron chi connectivity index (χ4n) is 2.35. The van der Waals surface area contributed by atoms with Crippen molar-refractivity contribution in [3.8, 4) is 5.75 Å². The molecule has 0 radical (unpaired) electrons. The van der Waals surface area contributed by atoms with Crippen molar-refractivity contribution in [2.45, 2.75) is 45.9 Å². The summed E-state index contributed by atoms with van der Waals surface area (Å²) in [4.78, 5) is 17.9. The largest absolute Gasteiger partial charge is 0.497 e. The first-order valence-electron chi connectivity index (χ1n) is 7.84. The van der Waals surface area contributed by atoms with Crippen LogP contribution in [0.1, 0.15) is 45.4 Å². The molecule has 0 spiro atoms. The minimum Gasteiger partial charge on any atom is -0.497 e. The molecule has 0 N–H and O–H groups in total. The number of unbranched alkanes of at least 4 members (excludes halogenated alkanes) is 1. The molecule has 1 fully saturated rings. The van der Waals surface area contributed by atoms with E-state index in [1.807, 2.05) is 38.1 Å². The van der Waals surface area contributed by atoms with E-state index in [0.717, 1.165) is 24.2 Å². The van der Waals surface area contributed by atoms with Gasteiger partial charge in [0.05, 0.1) is 13.7 Å². The molecule has 1 aliphatic rings. The third-order valence-electron chi connectivity index (χ3n) is 3.70. The van der Waals surface area contributed by atoms with Gasteiger partial charge in [0.15, 0.2) is 6.23 Å². The highest BCUT2D eigenvalue weighted by Gasteiger charge is 2.48. The maximum atomic E-state index is 12.3. The van der Waals surface area contributed by atoms with Gasteiger partial charge in [-0.2, -0.15) is 0 Å². The molecule has 2 unspecified atom stereocenters. The van der Waals surface area contributed by atoms with E-state index in [9.17, 15) is 4.79 Å². The molecule has 22 heavy (non-hydrogen) atoms. The van der Waals surface area contributed by atoms with Gasteiger partial charge in [-0.25, -0.2) is 0 Å². The molecule has 0 aromatic heterocycles. The van der Waals surface area contributed by atoms with Gasteiger partial charge in [0.1, 0.15) is 11.8 Å². The third-order valence-corrected chi connectivity index (χ3v) is 3.70. The molecule has 1 aliphatic heterocycles. The van der Waals surface area contributed by atoms with Crippen LogP contribution in [-0.4, -0.2) is 30.8 Å². The van der Waals surface area contributed by atoms with Gasteiger partial charge in [0, 0.05) is 0 Å². The first-order valence-corrected chi connectivity index (χ1v) is 7.84. The highest BCUT2D eigenvalue weighted by molar-refractivity contribution is 5.76. The number of methoxy groups -OCH3 is 1. The van der Waals surface area contributed by atoms with Crippen LogP contribution in [0.2, 0.25) is 0 Å². The SMILES string of the molecule is CCCCOC(=O)[C@H](C(C)C)N1OC1c1ccc(OC)cc1. The number of esters is 1. The molecule has 1 aromatic rings. The molecule has 0 saturated carbocycles. The lowest BCUT2D eigenvalue weighted by Gasteiger charge is -2.18. The molecular formula is C17H25NO4. The van der Waals surface area contributed by atoms with Gasteiger partial charge in [-0.15, -0.1) is 5.06 Å². The van der Waals surface area contributed by atoms with E-state index in [1.165, 1.54) is 0 Å². The minimum absolute atomic E-state index is 0.123. The van der Waals surface area contributed by atoms with E-state index >= 15 is 0 Å². The monoisotopic (exact) mass is 307 g/mol. The Labute approximate surface area is 132 Å². The predicted octanol–water partition coefficient (Wildman–Crippen LogP) is 3.31. The number of nitrogens with zero attached hydrogens (tertiary/aromatic N) is 1. The van der Waals surface area contributed by atoms with Crippen molar-refractivity contribution in [3.63, 3.8) is 0 Å². The molecule has 1 aromatic carbocycles. The standard InChI is InChI=1S/C17H25NO4/c1-5-6-11-21-17(19)15(12(2)3)18-16(22-18)13-7-9-14(20-4)10-8-13/h7-10,12,15-16H,5-6,11H2,1-4H3/t15-,16?,18?/m0/s1. The van der Waals surface area contributed by atoms with Crippen molar-refractivity contribution < 1.29 is 19.1 Å². The summed E-state index contributed by atoms with van der Waals surface area (Å²) >= 11 is 0. The number of hydrogen-bond donors (Lipinski definition) is 0. The average Bonchev–Trinajstić information content (AvgIpc) is 3.27. The number of carbonyl (C=O) groups excluding carboxylic acids is 1.